The summed E-state index contributed by atoms with van der Waals surface area (Å²) >= 11 is 0. The van der Waals surface area contributed by atoms with E-state index in [2.05, 4.69) is 27.2 Å². The summed E-state index contributed by atoms with van der Waals surface area (Å²) in [5.41, 5.74) is -0.114. The minimum absolute atomic E-state index is 0.0675. The molecule has 2 heterocycles. The number of aryl methyl sites for hydroxylation is 1. The fourth-order valence-electron chi connectivity index (χ4n) is 3.94. The van der Waals surface area contributed by atoms with Gasteiger partial charge in [0.25, 0.3) is 11.9 Å². The van der Waals surface area contributed by atoms with Gasteiger partial charge in [-0.2, -0.15) is 13.2 Å². The van der Waals surface area contributed by atoms with Gasteiger partial charge in [-0.15, -0.1) is 0 Å². The number of aromatic nitrogens is 2. The highest BCUT2D eigenvalue weighted by Crippen LogP contribution is 2.37. The summed E-state index contributed by atoms with van der Waals surface area (Å²) in [6.45, 7) is 4.71. The highest BCUT2D eigenvalue weighted by Gasteiger charge is 2.35. The van der Waals surface area contributed by atoms with Crippen LogP contribution in [0.25, 0.3) is 16.3 Å². The predicted octanol–water partition coefficient (Wildman–Crippen LogP) is 4.93. The van der Waals surface area contributed by atoms with Crippen LogP contribution in [0, 0.1) is 0 Å². The van der Waals surface area contributed by atoms with E-state index in [-0.39, 0.29) is 18.0 Å². The van der Waals surface area contributed by atoms with Gasteiger partial charge in [-0.05, 0) is 45.0 Å². The Morgan fingerprint density at radius 3 is 2.54 bits per heavy atom. The van der Waals surface area contributed by atoms with Gasteiger partial charge in [-0.25, -0.2) is 9.37 Å². The lowest BCUT2D eigenvalue weighted by atomic mass is 10.0. The smallest absolute Gasteiger partial charge is 0.417 e. The van der Waals surface area contributed by atoms with Gasteiger partial charge < -0.3 is 24.9 Å². The van der Waals surface area contributed by atoms with Crippen LogP contribution in [0.2, 0.25) is 0 Å². The first kappa shape index (κ1) is 29.9. The number of amides is 1. The number of anilines is 2. The van der Waals surface area contributed by atoms with Gasteiger partial charge in [0.1, 0.15) is 6.67 Å². The molecule has 8 nitrogen and oxygen atoms in total. The third-order valence-corrected chi connectivity index (χ3v) is 6.05. The summed E-state index contributed by atoms with van der Waals surface area (Å²) in [7, 11) is 5.31. The fourth-order valence-corrected chi connectivity index (χ4v) is 3.94. The van der Waals surface area contributed by atoms with Crippen LogP contribution in [0.4, 0.5) is 29.3 Å². The maximum Gasteiger partial charge on any atom is 0.417 e. The zero-order valence-corrected chi connectivity index (χ0v) is 22.4. The lowest BCUT2D eigenvalue weighted by Crippen LogP contribution is -2.24. The molecule has 0 aliphatic rings. The minimum atomic E-state index is -4.64. The molecule has 0 fully saturated rings. The molecule has 0 atom stereocenters. The number of hydrogen-bond acceptors (Lipinski definition) is 7. The molecule has 12 heteroatoms. The quantitative estimate of drug-likeness (QED) is 0.217. The van der Waals surface area contributed by atoms with Crippen molar-refractivity contribution in [3.05, 3.63) is 54.2 Å². The SMILES string of the molecule is C=C(c1nc(CCCNC(=O)c2cnc(N(C)C)o2)cc2c(NCCCN(C)CCF)cccc12)C(F)(F)F. The molecule has 0 spiro atoms. The van der Waals surface area contributed by atoms with Crippen molar-refractivity contribution in [3.8, 4) is 0 Å². The Bertz CT molecular complexity index is 1270. The minimum Gasteiger partial charge on any atom is -0.418 e. The number of fused-ring (bicyclic) bond motifs is 1. The molecule has 3 rings (SSSR count). The van der Waals surface area contributed by atoms with Crippen LogP contribution in [0.3, 0.4) is 0 Å². The number of nitrogens with one attached hydrogen (secondary N) is 2. The molecule has 0 saturated carbocycles. The van der Waals surface area contributed by atoms with E-state index in [1.165, 1.54) is 6.20 Å². The molecule has 2 aromatic heterocycles. The molecular formula is C27H34F4N6O2. The second kappa shape index (κ2) is 13.4. The molecule has 1 aromatic carbocycles. The molecule has 39 heavy (non-hydrogen) atoms. The van der Waals surface area contributed by atoms with Crippen LogP contribution in [-0.2, 0) is 6.42 Å². The van der Waals surface area contributed by atoms with Crippen LogP contribution >= 0.6 is 0 Å². The van der Waals surface area contributed by atoms with E-state index in [1.54, 1.807) is 43.3 Å². The summed E-state index contributed by atoms with van der Waals surface area (Å²) in [6.07, 6.45) is -1.81. The van der Waals surface area contributed by atoms with Crippen LogP contribution in [0.5, 0.6) is 0 Å². The topological polar surface area (TPSA) is 86.5 Å². The molecule has 212 valence electrons. The second-order valence-corrected chi connectivity index (χ2v) is 9.37. The van der Waals surface area contributed by atoms with Gasteiger partial charge in [-0.3, -0.25) is 9.78 Å². The standard InChI is InChI=1S/C27H34F4N6O2/c1-18(27(29,30)31)24-20-9-5-10-22(32-13-7-14-37(4)15-11-28)21(20)16-19(35-24)8-6-12-33-25(38)23-17-34-26(39-23)36(2)3/h5,9-10,16-17,32H,1,6-8,11-15H2,2-4H3,(H,33,38). The van der Waals surface area contributed by atoms with Crippen LogP contribution in [-0.4, -0.2) is 80.9 Å². The van der Waals surface area contributed by atoms with Gasteiger partial charge in [0.05, 0.1) is 17.5 Å². The zero-order chi connectivity index (χ0) is 28.6. The van der Waals surface area contributed by atoms with E-state index in [0.717, 1.165) is 6.42 Å². The third-order valence-electron chi connectivity index (χ3n) is 6.05. The maximum absolute atomic E-state index is 13.6. The van der Waals surface area contributed by atoms with Crippen LogP contribution in [0.1, 0.15) is 34.8 Å². The molecular weight excluding hydrogens is 516 g/mol. The van der Waals surface area contributed by atoms with Gasteiger partial charge in [0, 0.05) is 55.9 Å². The first-order chi connectivity index (χ1) is 18.5. The van der Waals surface area contributed by atoms with Gasteiger partial charge >= 0.3 is 6.18 Å². The summed E-state index contributed by atoms with van der Waals surface area (Å²) < 4.78 is 58.8. The molecule has 0 aliphatic heterocycles. The maximum atomic E-state index is 13.6. The Balaban J connectivity index is 1.74. The first-order valence-electron chi connectivity index (χ1n) is 12.6. The molecule has 1 amide bonds. The summed E-state index contributed by atoms with van der Waals surface area (Å²) in [5, 5.41) is 6.96. The Labute approximate surface area is 225 Å². The van der Waals surface area contributed by atoms with Gasteiger partial charge in [0.15, 0.2) is 0 Å². The number of alkyl halides is 4. The predicted molar refractivity (Wildman–Crippen MR) is 145 cm³/mol. The van der Waals surface area contributed by atoms with Crippen molar-refractivity contribution >= 4 is 34.0 Å². The van der Waals surface area contributed by atoms with E-state index < -0.39 is 24.3 Å². The number of benzene rings is 1. The van der Waals surface area contributed by atoms with Crippen molar-refractivity contribution in [2.75, 3.05) is 64.2 Å². The van der Waals surface area contributed by atoms with E-state index in [9.17, 15) is 22.4 Å². The lowest BCUT2D eigenvalue weighted by molar-refractivity contribution is -0.0688. The Kier molecular flexibility index (Phi) is 10.3. The van der Waals surface area contributed by atoms with E-state index in [4.69, 9.17) is 4.42 Å². The van der Waals surface area contributed by atoms with E-state index in [0.29, 0.717) is 60.6 Å². The van der Waals surface area contributed by atoms with Crippen LogP contribution in [0.15, 0.2) is 41.5 Å². The average molecular weight is 551 g/mol. The van der Waals surface area contributed by atoms with Crippen molar-refractivity contribution in [3.63, 3.8) is 0 Å². The second-order valence-electron chi connectivity index (χ2n) is 9.37. The summed E-state index contributed by atoms with van der Waals surface area (Å²) in [5.74, 6) is -0.366. The third kappa shape index (κ3) is 8.16. The Hall–Kier alpha value is -3.67. The highest BCUT2D eigenvalue weighted by atomic mass is 19.4. The number of rotatable bonds is 14. The highest BCUT2D eigenvalue weighted by molar-refractivity contribution is 6.00. The number of carbonyl (C=O) groups excluding carboxylic acids is 1. The molecule has 0 saturated heterocycles. The number of allylic oxidation sites excluding steroid dienone is 1. The first-order valence-corrected chi connectivity index (χ1v) is 12.6. The Morgan fingerprint density at radius 2 is 1.87 bits per heavy atom. The van der Waals surface area contributed by atoms with Crippen molar-refractivity contribution in [2.24, 2.45) is 0 Å². The number of nitrogens with zero attached hydrogens (tertiary/aromatic N) is 4. The lowest BCUT2D eigenvalue weighted by Gasteiger charge is -2.18. The average Bonchev–Trinajstić information content (AvgIpc) is 3.39. The monoisotopic (exact) mass is 550 g/mol. The van der Waals surface area contributed by atoms with Gasteiger partial charge in [0.2, 0.25) is 5.76 Å². The molecule has 2 N–H and O–H groups in total. The largest absolute Gasteiger partial charge is 0.418 e. The van der Waals surface area contributed by atoms with Crippen LogP contribution < -0.4 is 15.5 Å². The number of halogens is 4. The Morgan fingerprint density at radius 1 is 1.10 bits per heavy atom. The zero-order valence-electron chi connectivity index (χ0n) is 22.4. The normalized spacial score (nSPS) is 11.7. The van der Waals surface area contributed by atoms with Crippen molar-refractivity contribution in [2.45, 2.75) is 25.4 Å². The number of oxazole rings is 1. The van der Waals surface area contributed by atoms with E-state index in [1.807, 2.05) is 11.9 Å². The van der Waals surface area contributed by atoms with E-state index >= 15 is 0 Å². The summed E-state index contributed by atoms with van der Waals surface area (Å²) in [6, 6.07) is 7.14. The number of hydrogen-bond donors (Lipinski definition) is 2. The molecule has 3 aromatic rings. The number of carbonyl (C=O) groups is 1. The molecule has 0 aliphatic carbocycles. The molecule has 0 unspecified atom stereocenters. The molecule has 0 bridgehead atoms. The van der Waals surface area contributed by atoms with Crippen molar-refractivity contribution in [1.29, 1.82) is 0 Å². The number of pyridine rings is 1. The molecule has 0 radical (unpaired) electrons. The summed E-state index contributed by atoms with van der Waals surface area (Å²) in [4.78, 5) is 24.1. The van der Waals surface area contributed by atoms with Crippen molar-refractivity contribution < 1.29 is 26.8 Å². The fraction of sp³-hybridized carbons (Fsp3) is 0.444. The van der Waals surface area contributed by atoms with Crippen molar-refractivity contribution in [1.82, 2.24) is 20.2 Å². The van der Waals surface area contributed by atoms with Gasteiger partial charge in [-0.1, -0.05) is 18.7 Å².